The normalized spacial score (nSPS) is 18.7. The Morgan fingerprint density at radius 3 is 2.83 bits per heavy atom. The van der Waals surface area contributed by atoms with E-state index in [0.29, 0.717) is 0 Å². The number of hydrogen-bond acceptors (Lipinski definition) is 4. The third-order valence-electron chi connectivity index (χ3n) is 2.04. The van der Waals surface area contributed by atoms with Crippen LogP contribution in [-0.4, -0.2) is 28.2 Å². The van der Waals surface area contributed by atoms with Gasteiger partial charge in [0.25, 0.3) is 0 Å². The van der Waals surface area contributed by atoms with Crippen LogP contribution in [0.5, 0.6) is 0 Å². The van der Waals surface area contributed by atoms with Crippen LogP contribution < -0.4 is 4.87 Å². The fourth-order valence-electron chi connectivity index (χ4n) is 1.46. The first-order valence-electron chi connectivity index (χ1n) is 4.11. The Hall–Kier alpha value is -0.680. The summed E-state index contributed by atoms with van der Waals surface area (Å²) in [4.78, 5) is 13.0. The summed E-state index contributed by atoms with van der Waals surface area (Å²) in [6, 6.07) is 0. The first-order chi connectivity index (χ1) is 5.84. The lowest BCUT2D eigenvalue weighted by Crippen LogP contribution is -2.18. The van der Waals surface area contributed by atoms with Gasteiger partial charge in [-0.05, 0) is 25.9 Å². The van der Waals surface area contributed by atoms with E-state index in [0.717, 1.165) is 24.6 Å². The predicted octanol–water partition coefficient (Wildman–Crippen LogP) is 0.427. The van der Waals surface area contributed by atoms with Crippen molar-refractivity contribution in [2.75, 3.05) is 13.1 Å². The molecule has 0 amide bonds. The lowest BCUT2D eigenvalue weighted by atomic mass is 10.4. The molecule has 1 aliphatic heterocycles. The summed E-state index contributed by atoms with van der Waals surface area (Å²) in [6.07, 6.45) is 2.55. The number of nitrogens with zero attached hydrogens (tertiary/aromatic N) is 2. The molecule has 1 N–H and O–H groups in total. The highest BCUT2D eigenvalue weighted by molar-refractivity contribution is 7.08. The number of aromatic nitrogens is 2. The molecule has 2 heterocycles. The summed E-state index contributed by atoms with van der Waals surface area (Å²) in [5.74, 6) is 0. The molecule has 0 unspecified atom stereocenters. The Kier molecular flexibility index (Phi) is 2.23. The van der Waals surface area contributed by atoms with Gasteiger partial charge < -0.3 is 0 Å². The Bertz CT molecular complexity index is 300. The van der Waals surface area contributed by atoms with Gasteiger partial charge in [-0.25, -0.2) is 5.10 Å². The third kappa shape index (κ3) is 1.73. The number of aromatic amines is 1. The van der Waals surface area contributed by atoms with Crippen LogP contribution in [0.2, 0.25) is 0 Å². The van der Waals surface area contributed by atoms with Crippen molar-refractivity contribution in [1.29, 1.82) is 0 Å². The minimum absolute atomic E-state index is 0.0517. The number of hydrogen-bond donors (Lipinski definition) is 1. The summed E-state index contributed by atoms with van der Waals surface area (Å²) in [6.45, 7) is 3.13. The van der Waals surface area contributed by atoms with E-state index in [1.165, 1.54) is 24.2 Å². The van der Waals surface area contributed by atoms with Crippen LogP contribution in [0, 0.1) is 0 Å². The van der Waals surface area contributed by atoms with Gasteiger partial charge in [0.2, 0.25) is 0 Å². The van der Waals surface area contributed by atoms with Crippen molar-refractivity contribution in [3.63, 3.8) is 0 Å². The highest BCUT2D eigenvalue weighted by atomic mass is 32.1. The topological polar surface area (TPSA) is 49.0 Å². The number of likely N-dealkylation sites (tertiary alicyclic amines) is 1. The molecule has 66 valence electrons. The maximum Gasteiger partial charge on any atom is 0.322 e. The van der Waals surface area contributed by atoms with E-state index in [1.807, 2.05) is 0 Å². The molecule has 0 spiro atoms. The van der Waals surface area contributed by atoms with E-state index in [-0.39, 0.29) is 4.87 Å². The Morgan fingerprint density at radius 1 is 1.50 bits per heavy atom. The first kappa shape index (κ1) is 7.94. The summed E-state index contributed by atoms with van der Waals surface area (Å²) in [5, 5.41) is 7.25. The van der Waals surface area contributed by atoms with Gasteiger partial charge in [0.05, 0.1) is 6.54 Å². The van der Waals surface area contributed by atoms with Crippen LogP contribution >= 0.6 is 11.3 Å². The number of H-pyrrole nitrogens is 1. The zero-order valence-corrected chi connectivity index (χ0v) is 7.56. The fourth-order valence-corrected chi connectivity index (χ4v) is 2.10. The molecule has 1 saturated heterocycles. The Balaban J connectivity index is 1.98. The molecule has 1 fully saturated rings. The van der Waals surface area contributed by atoms with E-state index in [9.17, 15) is 4.79 Å². The molecule has 0 radical (unpaired) electrons. The minimum Gasteiger partial charge on any atom is -0.297 e. The van der Waals surface area contributed by atoms with Gasteiger partial charge >= 0.3 is 4.87 Å². The van der Waals surface area contributed by atoms with Gasteiger partial charge in [-0.15, -0.1) is 0 Å². The van der Waals surface area contributed by atoms with Crippen LogP contribution in [-0.2, 0) is 6.54 Å². The number of nitrogens with one attached hydrogen (secondary N) is 1. The van der Waals surface area contributed by atoms with Crippen molar-refractivity contribution in [2.24, 2.45) is 0 Å². The molecular formula is C7H11N3OS. The molecule has 1 aromatic heterocycles. The highest BCUT2D eigenvalue weighted by Crippen LogP contribution is 2.11. The average Bonchev–Trinajstić information content (AvgIpc) is 2.63. The van der Waals surface area contributed by atoms with Gasteiger partial charge in [0.15, 0.2) is 0 Å². The smallest absolute Gasteiger partial charge is 0.297 e. The van der Waals surface area contributed by atoms with Crippen molar-refractivity contribution < 1.29 is 0 Å². The van der Waals surface area contributed by atoms with Crippen molar-refractivity contribution >= 4 is 11.3 Å². The van der Waals surface area contributed by atoms with Crippen molar-refractivity contribution in [3.8, 4) is 0 Å². The van der Waals surface area contributed by atoms with Crippen molar-refractivity contribution in [2.45, 2.75) is 19.4 Å². The summed E-state index contributed by atoms with van der Waals surface area (Å²) >= 11 is 1.21. The van der Waals surface area contributed by atoms with E-state index >= 15 is 0 Å². The maximum absolute atomic E-state index is 10.7. The molecular weight excluding hydrogens is 174 g/mol. The minimum atomic E-state index is -0.0517. The van der Waals surface area contributed by atoms with E-state index in [4.69, 9.17) is 0 Å². The van der Waals surface area contributed by atoms with Crippen LogP contribution in [0.15, 0.2) is 4.79 Å². The van der Waals surface area contributed by atoms with E-state index in [2.05, 4.69) is 15.1 Å². The Morgan fingerprint density at radius 2 is 2.25 bits per heavy atom. The van der Waals surface area contributed by atoms with E-state index in [1.54, 1.807) is 0 Å². The standard InChI is InChI=1S/C7H11N3OS/c11-7-9-8-6(12-7)5-10-3-1-2-4-10/h1-5H2,(H,9,11). The van der Waals surface area contributed by atoms with Crippen LogP contribution in [0.25, 0.3) is 0 Å². The SMILES string of the molecule is O=c1[nH]nc(CN2CCCC2)s1. The van der Waals surface area contributed by atoms with Crippen molar-refractivity contribution in [1.82, 2.24) is 15.1 Å². The van der Waals surface area contributed by atoms with Crippen LogP contribution in [0.1, 0.15) is 17.8 Å². The largest absolute Gasteiger partial charge is 0.322 e. The molecule has 1 aromatic rings. The summed E-state index contributed by atoms with van der Waals surface area (Å²) < 4.78 is 0. The molecule has 0 aliphatic carbocycles. The number of rotatable bonds is 2. The zero-order valence-electron chi connectivity index (χ0n) is 6.75. The molecule has 0 aromatic carbocycles. The quantitative estimate of drug-likeness (QED) is 0.726. The summed E-state index contributed by atoms with van der Waals surface area (Å²) in [7, 11) is 0. The lowest BCUT2D eigenvalue weighted by molar-refractivity contribution is 0.330. The molecule has 0 bridgehead atoms. The third-order valence-corrected chi connectivity index (χ3v) is 2.77. The first-order valence-corrected chi connectivity index (χ1v) is 4.93. The maximum atomic E-state index is 10.7. The second-order valence-corrected chi connectivity index (χ2v) is 4.04. The molecule has 0 atom stereocenters. The van der Waals surface area contributed by atoms with E-state index < -0.39 is 0 Å². The molecule has 1 aliphatic rings. The molecule has 12 heavy (non-hydrogen) atoms. The second-order valence-electron chi connectivity index (χ2n) is 2.99. The second kappa shape index (κ2) is 3.37. The lowest BCUT2D eigenvalue weighted by Gasteiger charge is -2.10. The molecule has 2 rings (SSSR count). The van der Waals surface area contributed by atoms with Crippen molar-refractivity contribution in [3.05, 3.63) is 14.7 Å². The monoisotopic (exact) mass is 185 g/mol. The van der Waals surface area contributed by atoms with Crippen LogP contribution in [0.4, 0.5) is 0 Å². The van der Waals surface area contributed by atoms with Gasteiger partial charge in [0, 0.05) is 0 Å². The molecule has 5 heteroatoms. The highest BCUT2D eigenvalue weighted by Gasteiger charge is 2.13. The predicted molar refractivity (Wildman–Crippen MR) is 47.2 cm³/mol. The van der Waals surface area contributed by atoms with Crippen LogP contribution in [0.3, 0.4) is 0 Å². The van der Waals surface area contributed by atoms with Gasteiger partial charge in [-0.1, -0.05) is 11.3 Å². The molecule has 0 saturated carbocycles. The average molecular weight is 185 g/mol. The van der Waals surface area contributed by atoms with Gasteiger partial charge in [-0.3, -0.25) is 9.69 Å². The summed E-state index contributed by atoms with van der Waals surface area (Å²) in [5.41, 5.74) is 0. The zero-order chi connectivity index (χ0) is 8.39. The Labute approximate surface area is 74.2 Å². The van der Waals surface area contributed by atoms with Gasteiger partial charge in [0.1, 0.15) is 5.01 Å². The molecule has 4 nitrogen and oxygen atoms in total. The fraction of sp³-hybridized carbons (Fsp3) is 0.714. The van der Waals surface area contributed by atoms with Gasteiger partial charge in [-0.2, -0.15) is 5.10 Å².